The molecule has 0 radical (unpaired) electrons. The third kappa shape index (κ3) is 3.74. The number of ether oxygens (including phenoxy) is 1. The van der Waals surface area contributed by atoms with Crippen LogP contribution >= 0.6 is 31.9 Å². The summed E-state index contributed by atoms with van der Waals surface area (Å²) >= 11 is 7.06. The molecule has 0 aliphatic heterocycles. The predicted molar refractivity (Wildman–Crippen MR) is 83.4 cm³/mol. The van der Waals surface area contributed by atoms with Gasteiger partial charge in [-0.2, -0.15) is 0 Å². The van der Waals surface area contributed by atoms with E-state index in [0.717, 1.165) is 21.5 Å². The normalized spacial score (nSPS) is 23.9. The molecule has 2 rings (SSSR count). The van der Waals surface area contributed by atoms with Crippen molar-refractivity contribution >= 4 is 31.9 Å². The van der Waals surface area contributed by atoms with Gasteiger partial charge in [0, 0.05) is 5.33 Å². The molecule has 0 saturated heterocycles. The van der Waals surface area contributed by atoms with E-state index < -0.39 is 0 Å². The standard InChI is InChI=1S/C15H20Br2O/c1-2-11-3-6-13(7-4-11)18-15-8-5-12(10-16)9-14(15)17/h5,8-9,11,13H,2-4,6-7,10H2,1H3. The Morgan fingerprint density at radius 1 is 1.22 bits per heavy atom. The van der Waals surface area contributed by atoms with Gasteiger partial charge in [0.1, 0.15) is 5.75 Å². The highest BCUT2D eigenvalue weighted by molar-refractivity contribution is 9.10. The van der Waals surface area contributed by atoms with Crippen LogP contribution in [0.2, 0.25) is 0 Å². The monoisotopic (exact) mass is 374 g/mol. The van der Waals surface area contributed by atoms with Crippen LogP contribution in [0, 0.1) is 5.92 Å². The van der Waals surface area contributed by atoms with Crippen molar-refractivity contribution in [3.05, 3.63) is 28.2 Å². The second kappa shape index (κ2) is 6.95. The molecule has 1 aromatic carbocycles. The Kier molecular flexibility index (Phi) is 5.56. The van der Waals surface area contributed by atoms with E-state index in [4.69, 9.17) is 4.74 Å². The molecule has 0 N–H and O–H groups in total. The van der Waals surface area contributed by atoms with Crippen molar-refractivity contribution in [3.63, 3.8) is 0 Å². The highest BCUT2D eigenvalue weighted by atomic mass is 79.9. The minimum Gasteiger partial charge on any atom is -0.489 e. The fraction of sp³-hybridized carbons (Fsp3) is 0.600. The average Bonchev–Trinajstić information content (AvgIpc) is 2.42. The second-order valence-electron chi connectivity index (χ2n) is 5.07. The zero-order valence-corrected chi connectivity index (χ0v) is 14.0. The molecular weight excluding hydrogens is 356 g/mol. The molecule has 0 aromatic heterocycles. The molecule has 0 unspecified atom stereocenters. The number of halogens is 2. The fourth-order valence-electron chi connectivity index (χ4n) is 2.56. The van der Waals surface area contributed by atoms with Gasteiger partial charge in [-0.05, 0) is 65.2 Å². The average molecular weight is 376 g/mol. The van der Waals surface area contributed by atoms with E-state index >= 15 is 0 Å². The molecule has 1 aliphatic carbocycles. The SMILES string of the molecule is CCC1CCC(Oc2ccc(CBr)cc2Br)CC1. The lowest BCUT2D eigenvalue weighted by atomic mass is 9.86. The summed E-state index contributed by atoms with van der Waals surface area (Å²) in [6.07, 6.45) is 6.75. The first kappa shape index (κ1) is 14.4. The Morgan fingerprint density at radius 2 is 1.94 bits per heavy atom. The van der Waals surface area contributed by atoms with Crippen molar-refractivity contribution in [2.45, 2.75) is 50.5 Å². The first-order chi connectivity index (χ1) is 8.72. The Morgan fingerprint density at radius 3 is 2.50 bits per heavy atom. The highest BCUT2D eigenvalue weighted by Gasteiger charge is 2.21. The van der Waals surface area contributed by atoms with E-state index in [1.807, 2.05) is 0 Å². The molecule has 0 atom stereocenters. The van der Waals surface area contributed by atoms with E-state index in [9.17, 15) is 0 Å². The molecule has 18 heavy (non-hydrogen) atoms. The van der Waals surface area contributed by atoms with Crippen LogP contribution in [0.4, 0.5) is 0 Å². The Balaban J connectivity index is 1.94. The molecule has 1 fully saturated rings. The fourth-order valence-corrected chi connectivity index (χ4v) is 3.43. The minimum absolute atomic E-state index is 0.402. The molecule has 1 saturated carbocycles. The lowest BCUT2D eigenvalue weighted by Gasteiger charge is -2.28. The Labute approximate surface area is 127 Å². The van der Waals surface area contributed by atoms with Crippen LogP contribution in [0.15, 0.2) is 22.7 Å². The zero-order chi connectivity index (χ0) is 13.0. The third-order valence-electron chi connectivity index (χ3n) is 3.82. The van der Waals surface area contributed by atoms with Crippen LogP contribution < -0.4 is 4.74 Å². The van der Waals surface area contributed by atoms with Gasteiger partial charge >= 0.3 is 0 Å². The summed E-state index contributed by atoms with van der Waals surface area (Å²) in [6.45, 7) is 2.29. The molecule has 1 nitrogen and oxygen atoms in total. The molecule has 1 aromatic rings. The van der Waals surface area contributed by atoms with Crippen molar-refractivity contribution < 1.29 is 4.74 Å². The van der Waals surface area contributed by atoms with Gasteiger partial charge in [0.2, 0.25) is 0 Å². The summed E-state index contributed by atoms with van der Waals surface area (Å²) in [7, 11) is 0. The van der Waals surface area contributed by atoms with Gasteiger partial charge in [0.05, 0.1) is 10.6 Å². The van der Waals surface area contributed by atoms with Crippen LogP contribution in [0.5, 0.6) is 5.75 Å². The van der Waals surface area contributed by atoms with Crippen molar-refractivity contribution in [3.8, 4) is 5.75 Å². The molecule has 100 valence electrons. The molecule has 3 heteroatoms. The summed E-state index contributed by atoms with van der Waals surface area (Å²) in [5.41, 5.74) is 1.27. The van der Waals surface area contributed by atoms with Gasteiger partial charge in [0.25, 0.3) is 0 Å². The number of hydrogen-bond donors (Lipinski definition) is 0. The third-order valence-corrected chi connectivity index (χ3v) is 5.08. The first-order valence-corrected chi connectivity index (χ1v) is 8.65. The summed E-state index contributed by atoms with van der Waals surface area (Å²) in [5, 5.41) is 0.882. The van der Waals surface area contributed by atoms with Crippen molar-refractivity contribution in [2.24, 2.45) is 5.92 Å². The highest BCUT2D eigenvalue weighted by Crippen LogP contribution is 2.33. The Hall–Kier alpha value is -0.0200. The molecule has 0 heterocycles. The number of hydrogen-bond acceptors (Lipinski definition) is 1. The summed E-state index contributed by atoms with van der Waals surface area (Å²) in [4.78, 5) is 0. The second-order valence-corrected chi connectivity index (χ2v) is 6.48. The Bertz CT molecular complexity index is 384. The number of rotatable bonds is 4. The van der Waals surface area contributed by atoms with Gasteiger partial charge in [-0.25, -0.2) is 0 Å². The minimum atomic E-state index is 0.402. The largest absolute Gasteiger partial charge is 0.489 e. The number of benzene rings is 1. The van der Waals surface area contributed by atoms with E-state index in [-0.39, 0.29) is 0 Å². The van der Waals surface area contributed by atoms with E-state index in [0.29, 0.717) is 6.10 Å². The first-order valence-electron chi connectivity index (χ1n) is 6.74. The smallest absolute Gasteiger partial charge is 0.133 e. The van der Waals surface area contributed by atoms with Crippen LogP contribution in [-0.4, -0.2) is 6.10 Å². The van der Waals surface area contributed by atoms with Crippen LogP contribution in [0.25, 0.3) is 0 Å². The zero-order valence-electron chi connectivity index (χ0n) is 10.8. The van der Waals surface area contributed by atoms with Crippen LogP contribution in [0.3, 0.4) is 0 Å². The topological polar surface area (TPSA) is 9.23 Å². The van der Waals surface area contributed by atoms with Gasteiger partial charge < -0.3 is 4.74 Å². The maximum absolute atomic E-state index is 6.12. The van der Waals surface area contributed by atoms with Gasteiger partial charge in [-0.3, -0.25) is 0 Å². The quantitative estimate of drug-likeness (QED) is 0.614. The molecule has 0 spiro atoms. The van der Waals surface area contributed by atoms with Crippen molar-refractivity contribution in [2.75, 3.05) is 0 Å². The summed E-state index contributed by atoms with van der Waals surface area (Å²) < 4.78 is 7.18. The summed E-state index contributed by atoms with van der Waals surface area (Å²) in [6, 6.07) is 6.32. The maximum Gasteiger partial charge on any atom is 0.133 e. The molecule has 0 bridgehead atoms. The van der Waals surface area contributed by atoms with E-state index in [1.54, 1.807) is 0 Å². The lowest BCUT2D eigenvalue weighted by Crippen LogP contribution is -2.24. The van der Waals surface area contributed by atoms with Gasteiger partial charge in [-0.15, -0.1) is 0 Å². The van der Waals surface area contributed by atoms with Crippen LogP contribution in [-0.2, 0) is 5.33 Å². The molecule has 1 aliphatic rings. The van der Waals surface area contributed by atoms with Crippen molar-refractivity contribution in [1.82, 2.24) is 0 Å². The van der Waals surface area contributed by atoms with Crippen molar-refractivity contribution in [1.29, 1.82) is 0 Å². The molecule has 0 amide bonds. The number of alkyl halides is 1. The van der Waals surface area contributed by atoms with Crippen LogP contribution in [0.1, 0.15) is 44.6 Å². The molecular formula is C15H20Br2O. The van der Waals surface area contributed by atoms with Gasteiger partial charge in [0.15, 0.2) is 0 Å². The van der Waals surface area contributed by atoms with Gasteiger partial charge in [-0.1, -0.05) is 35.3 Å². The van der Waals surface area contributed by atoms with E-state index in [1.165, 1.54) is 37.7 Å². The predicted octanol–water partition coefficient (Wildman–Crippen LogP) is 5.69. The summed E-state index contributed by atoms with van der Waals surface area (Å²) in [5.74, 6) is 1.91. The van der Waals surface area contributed by atoms with E-state index in [2.05, 4.69) is 57.0 Å². The lowest BCUT2D eigenvalue weighted by molar-refractivity contribution is 0.129. The maximum atomic E-state index is 6.12.